The molecule has 0 aliphatic heterocycles. The molecule has 0 saturated carbocycles. The highest BCUT2D eigenvalue weighted by Gasteiger charge is 2.31. The molecule has 1 aromatic rings. The van der Waals surface area contributed by atoms with Crippen LogP contribution in [0.2, 0.25) is 0 Å². The van der Waals surface area contributed by atoms with Crippen molar-refractivity contribution >= 4 is 0 Å². The zero-order chi connectivity index (χ0) is 14.5. The van der Waals surface area contributed by atoms with Gasteiger partial charge in [-0.15, -0.1) is 6.58 Å². The second-order valence-corrected chi connectivity index (χ2v) is 5.23. The molecule has 0 bridgehead atoms. The predicted molar refractivity (Wildman–Crippen MR) is 79.5 cm³/mol. The van der Waals surface area contributed by atoms with Gasteiger partial charge in [0.05, 0.1) is 5.54 Å². The van der Waals surface area contributed by atoms with Crippen molar-refractivity contribution in [3.63, 3.8) is 0 Å². The first-order valence-corrected chi connectivity index (χ1v) is 6.83. The summed E-state index contributed by atoms with van der Waals surface area (Å²) < 4.78 is 14.1. The highest BCUT2D eigenvalue weighted by atomic mass is 19.1. The van der Waals surface area contributed by atoms with Gasteiger partial charge in [-0.2, -0.15) is 0 Å². The molecule has 0 radical (unpaired) electrons. The topological polar surface area (TPSA) is 29.3 Å². The van der Waals surface area contributed by atoms with Crippen molar-refractivity contribution in [2.45, 2.75) is 32.7 Å². The number of likely N-dealkylation sites (N-methyl/N-ethyl adjacent to an activating group) is 1. The Morgan fingerprint density at radius 1 is 1.32 bits per heavy atom. The molecule has 0 saturated heterocycles. The SMILES string of the molecule is C=C(C)CC(N)(CN(CC)CC)c1ccccc1F. The van der Waals surface area contributed by atoms with E-state index >= 15 is 0 Å². The minimum absolute atomic E-state index is 0.238. The fourth-order valence-electron chi connectivity index (χ4n) is 2.49. The van der Waals surface area contributed by atoms with Gasteiger partial charge in [-0.25, -0.2) is 4.39 Å². The van der Waals surface area contributed by atoms with E-state index in [1.54, 1.807) is 12.1 Å². The molecular weight excluding hydrogens is 239 g/mol. The van der Waals surface area contributed by atoms with Crippen LogP contribution in [-0.2, 0) is 5.54 Å². The van der Waals surface area contributed by atoms with Crippen LogP contribution in [0.3, 0.4) is 0 Å². The minimum Gasteiger partial charge on any atom is -0.320 e. The fraction of sp³-hybridized carbons (Fsp3) is 0.500. The van der Waals surface area contributed by atoms with Crippen molar-refractivity contribution in [2.24, 2.45) is 5.73 Å². The number of hydrogen-bond donors (Lipinski definition) is 1. The number of halogens is 1. The summed E-state index contributed by atoms with van der Waals surface area (Å²) in [6, 6.07) is 6.78. The molecule has 106 valence electrons. The summed E-state index contributed by atoms with van der Waals surface area (Å²) in [5.41, 5.74) is 7.36. The van der Waals surface area contributed by atoms with Crippen LogP contribution >= 0.6 is 0 Å². The molecule has 3 heteroatoms. The summed E-state index contributed by atoms with van der Waals surface area (Å²) in [6.45, 7) is 12.5. The van der Waals surface area contributed by atoms with Crippen LogP contribution < -0.4 is 5.73 Å². The molecule has 0 heterocycles. The molecule has 0 spiro atoms. The van der Waals surface area contributed by atoms with Gasteiger partial charge in [-0.1, -0.05) is 37.6 Å². The Kier molecular flexibility index (Phi) is 5.70. The Hall–Kier alpha value is -1.19. The normalized spacial score (nSPS) is 14.4. The van der Waals surface area contributed by atoms with Crippen molar-refractivity contribution in [1.29, 1.82) is 0 Å². The van der Waals surface area contributed by atoms with Gasteiger partial charge in [-0.05, 0) is 32.5 Å². The van der Waals surface area contributed by atoms with E-state index in [0.29, 0.717) is 18.5 Å². The van der Waals surface area contributed by atoms with Crippen LogP contribution in [0.25, 0.3) is 0 Å². The van der Waals surface area contributed by atoms with Crippen molar-refractivity contribution in [3.05, 3.63) is 47.8 Å². The molecule has 1 atom stereocenters. The lowest BCUT2D eigenvalue weighted by Crippen LogP contribution is -2.48. The first-order chi connectivity index (χ1) is 8.92. The van der Waals surface area contributed by atoms with Gasteiger partial charge in [-0.3, -0.25) is 0 Å². The molecule has 0 aliphatic carbocycles. The maximum Gasteiger partial charge on any atom is 0.128 e. The molecule has 2 N–H and O–H groups in total. The van der Waals surface area contributed by atoms with E-state index in [2.05, 4.69) is 25.3 Å². The van der Waals surface area contributed by atoms with Crippen LogP contribution in [0.1, 0.15) is 32.8 Å². The lowest BCUT2D eigenvalue weighted by Gasteiger charge is -2.35. The third kappa shape index (κ3) is 4.15. The van der Waals surface area contributed by atoms with Gasteiger partial charge >= 0.3 is 0 Å². The standard InChI is InChI=1S/C16H25FN2/c1-5-19(6-2)12-16(18,11-13(3)4)14-9-7-8-10-15(14)17/h7-10H,3,5-6,11-12,18H2,1-2,4H3. The second kappa shape index (κ2) is 6.83. The zero-order valence-electron chi connectivity index (χ0n) is 12.2. The van der Waals surface area contributed by atoms with Gasteiger partial charge in [0.15, 0.2) is 0 Å². The summed E-state index contributed by atoms with van der Waals surface area (Å²) in [7, 11) is 0. The lowest BCUT2D eigenvalue weighted by atomic mass is 9.84. The van der Waals surface area contributed by atoms with Gasteiger partial charge in [0.25, 0.3) is 0 Å². The molecule has 2 nitrogen and oxygen atoms in total. The number of nitrogens with two attached hydrogens (primary N) is 1. The van der Waals surface area contributed by atoms with Crippen LogP contribution in [0.15, 0.2) is 36.4 Å². The second-order valence-electron chi connectivity index (χ2n) is 5.23. The monoisotopic (exact) mass is 264 g/mol. The summed E-state index contributed by atoms with van der Waals surface area (Å²) in [5, 5.41) is 0. The molecule has 1 rings (SSSR count). The molecule has 0 fully saturated rings. The van der Waals surface area contributed by atoms with E-state index in [-0.39, 0.29) is 5.82 Å². The third-order valence-electron chi connectivity index (χ3n) is 3.43. The van der Waals surface area contributed by atoms with E-state index in [0.717, 1.165) is 18.7 Å². The van der Waals surface area contributed by atoms with Crippen LogP contribution in [0.4, 0.5) is 4.39 Å². The molecule has 0 amide bonds. The van der Waals surface area contributed by atoms with E-state index in [9.17, 15) is 4.39 Å². The minimum atomic E-state index is -0.719. The van der Waals surface area contributed by atoms with Crippen LogP contribution in [0, 0.1) is 5.82 Å². The molecule has 1 aromatic carbocycles. The Labute approximate surface area is 116 Å². The number of rotatable bonds is 7. The fourth-order valence-corrected chi connectivity index (χ4v) is 2.49. The van der Waals surface area contributed by atoms with Gasteiger partial charge in [0.1, 0.15) is 5.82 Å². The first-order valence-electron chi connectivity index (χ1n) is 6.83. The van der Waals surface area contributed by atoms with E-state index in [1.807, 2.05) is 13.0 Å². The van der Waals surface area contributed by atoms with E-state index in [1.165, 1.54) is 6.07 Å². The molecule has 1 unspecified atom stereocenters. The third-order valence-corrected chi connectivity index (χ3v) is 3.43. The molecule has 19 heavy (non-hydrogen) atoms. The Morgan fingerprint density at radius 2 is 1.89 bits per heavy atom. The predicted octanol–water partition coefficient (Wildman–Crippen LogP) is 3.29. The van der Waals surface area contributed by atoms with Crippen LogP contribution in [-0.4, -0.2) is 24.5 Å². The van der Waals surface area contributed by atoms with E-state index in [4.69, 9.17) is 5.73 Å². The quantitative estimate of drug-likeness (QED) is 0.766. The summed E-state index contributed by atoms with van der Waals surface area (Å²) >= 11 is 0. The van der Waals surface area contributed by atoms with Gasteiger partial charge in [0, 0.05) is 12.1 Å². The zero-order valence-corrected chi connectivity index (χ0v) is 12.2. The average molecular weight is 264 g/mol. The summed E-state index contributed by atoms with van der Waals surface area (Å²) in [4.78, 5) is 2.22. The highest BCUT2D eigenvalue weighted by molar-refractivity contribution is 5.28. The van der Waals surface area contributed by atoms with Crippen molar-refractivity contribution in [2.75, 3.05) is 19.6 Å². The smallest absolute Gasteiger partial charge is 0.128 e. The molecular formula is C16H25FN2. The maximum absolute atomic E-state index is 14.1. The number of hydrogen-bond acceptors (Lipinski definition) is 2. The van der Waals surface area contributed by atoms with Crippen molar-refractivity contribution in [3.8, 4) is 0 Å². The number of nitrogens with zero attached hydrogens (tertiary/aromatic N) is 1. The molecule has 0 aromatic heterocycles. The van der Waals surface area contributed by atoms with Crippen molar-refractivity contribution < 1.29 is 4.39 Å². The Bertz CT molecular complexity index is 427. The highest BCUT2D eigenvalue weighted by Crippen LogP contribution is 2.28. The van der Waals surface area contributed by atoms with Crippen LogP contribution in [0.5, 0.6) is 0 Å². The maximum atomic E-state index is 14.1. The Morgan fingerprint density at radius 3 is 2.37 bits per heavy atom. The van der Waals surface area contributed by atoms with E-state index < -0.39 is 5.54 Å². The first kappa shape index (κ1) is 15.9. The largest absolute Gasteiger partial charge is 0.320 e. The molecule has 0 aliphatic rings. The number of benzene rings is 1. The summed E-state index contributed by atoms with van der Waals surface area (Å²) in [5.74, 6) is -0.238. The average Bonchev–Trinajstić information content (AvgIpc) is 2.35. The van der Waals surface area contributed by atoms with Gasteiger partial charge < -0.3 is 10.6 Å². The Balaban J connectivity index is 3.12. The van der Waals surface area contributed by atoms with Crippen molar-refractivity contribution in [1.82, 2.24) is 4.90 Å². The van der Waals surface area contributed by atoms with Gasteiger partial charge in [0.2, 0.25) is 0 Å². The lowest BCUT2D eigenvalue weighted by molar-refractivity contribution is 0.220. The summed E-state index contributed by atoms with van der Waals surface area (Å²) in [6.07, 6.45) is 0.588.